The minimum Gasteiger partial charge on any atom is -0.469 e. The molecule has 3 rings (SSSR count). The Hall–Kier alpha value is -2.64. The number of halogens is 7. The Kier molecular flexibility index (Phi) is 12.3. The number of hydrogen-bond donors (Lipinski definition) is 3. The quantitative estimate of drug-likeness (QED) is 0.159. The molecule has 0 aliphatic carbocycles. The van der Waals surface area contributed by atoms with Crippen molar-refractivity contribution in [1.82, 2.24) is 25.5 Å². The molecule has 11 nitrogen and oxygen atoms in total. The number of likely N-dealkylation sites (tertiary alicyclic amines) is 1. The number of nitrogens with one attached hydrogen (secondary N) is 3. The second-order valence-corrected chi connectivity index (χ2v) is 14.8. The number of carbonyl (C=O) groups is 3. The van der Waals surface area contributed by atoms with E-state index in [0.29, 0.717) is 11.3 Å². The molecule has 1 aromatic carbocycles. The molecule has 1 atom stereocenters. The molecule has 1 fully saturated rings. The Morgan fingerprint density at radius 3 is 2.38 bits per heavy atom. The summed E-state index contributed by atoms with van der Waals surface area (Å²) in [4.78, 5) is 42.4. The average molecular weight is 753 g/mol. The van der Waals surface area contributed by atoms with Crippen LogP contribution in [0.1, 0.15) is 62.0 Å². The third kappa shape index (κ3) is 9.72. The maximum absolute atomic E-state index is 14.2. The molecule has 2 heterocycles. The molecular formula is C27H32Cl2F5N5O6S2. The van der Waals surface area contributed by atoms with Crippen LogP contribution in [0.2, 0.25) is 10.0 Å². The van der Waals surface area contributed by atoms with E-state index in [4.69, 9.17) is 23.2 Å². The van der Waals surface area contributed by atoms with Crippen LogP contribution in [0.25, 0.3) is 10.4 Å². The van der Waals surface area contributed by atoms with Gasteiger partial charge < -0.3 is 4.74 Å². The first-order valence-corrected chi connectivity index (χ1v) is 17.0. The van der Waals surface area contributed by atoms with Gasteiger partial charge in [-0.2, -0.15) is 17.9 Å². The number of benzene rings is 1. The highest BCUT2D eigenvalue weighted by Crippen LogP contribution is 2.42. The van der Waals surface area contributed by atoms with Crippen molar-refractivity contribution in [2.75, 3.05) is 20.2 Å². The zero-order valence-corrected chi connectivity index (χ0v) is 28.6. The summed E-state index contributed by atoms with van der Waals surface area (Å²) in [6.45, 7) is 3.55. The number of hydrazine groups is 1. The Morgan fingerprint density at radius 1 is 1.15 bits per heavy atom. The number of thiazole rings is 1. The number of alkyl halides is 5. The number of methoxy groups -OCH3 is 1. The first kappa shape index (κ1) is 38.8. The fraction of sp³-hybridized carbons (Fsp3) is 0.556. The monoisotopic (exact) mass is 751 g/mol. The maximum Gasteiger partial charge on any atom is 0.404 e. The van der Waals surface area contributed by atoms with E-state index in [-0.39, 0.29) is 53.5 Å². The van der Waals surface area contributed by atoms with Gasteiger partial charge in [-0.3, -0.25) is 30.1 Å². The number of aromatic nitrogens is 1. The molecule has 20 heteroatoms. The molecule has 1 aliphatic rings. The number of hydrogen-bond acceptors (Lipinski definition) is 9. The van der Waals surface area contributed by atoms with Gasteiger partial charge in [0.25, 0.3) is 11.8 Å². The van der Waals surface area contributed by atoms with Gasteiger partial charge in [0.05, 0.1) is 39.7 Å². The fourth-order valence-corrected chi connectivity index (χ4v) is 7.91. The standard InChI is InChI=1S/C27H32Cl2F5N5O6S2/c1-5-17(27(32,33)34)38-47(43,44)16-8-7-14(19(28)20(16)29)21-15(12-39-10-6-9-26(30,31)13-39)35-23(46-21)22(41)37-36-18(40)11-25(2,3)24(42)45-4/h7-8,17,38H,5-6,9-13H2,1-4H3,(H,36,40)(H,37,41)/t17-/m0/s1. The van der Waals surface area contributed by atoms with E-state index in [0.717, 1.165) is 26.2 Å². The highest BCUT2D eigenvalue weighted by atomic mass is 35.5. The molecule has 0 spiro atoms. The molecule has 2 amide bonds. The van der Waals surface area contributed by atoms with Crippen LogP contribution in [0.3, 0.4) is 0 Å². The number of carbonyl (C=O) groups excluding carboxylic acids is 3. The number of amides is 2. The van der Waals surface area contributed by atoms with Crippen molar-refractivity contribution in [2.24, 2.45) is 5.41 Å². The van der Waals surface area contributed by atoms with Gasteiger partial charge in [0.15, 0.2) is 5.01 Å². The highest BCUT2D eigenvalue weighted by molar-refractivity contribution is 7.89. The van der Waals surface area contributed by atoms with Gasteiger partial charge in [0.1, 0.15) is 10.9 Å². The van der Waals surface area contributed by atoms with Crippen molar-refractivity contribution in [3.63, 3.8) is 0 Å². The van der Waals surface area contributed by atoms with Gasteiger partial charge >= 0.3 is 12.1 Å². The fourth-order valence-electron chi connectivity index (χ4n) is 4.68. The Morgan fingerprint density at radius 2 is 1.81 bits per heavy atom. The van der Waals surface area contributed by atoms with Gasteiger partial charge in [-0.05, 0) is 39.3 Å². The summed E-state index contributed by atoms with van der Waals surface area (Å²) in [5.74, 6) is -5.29. The van der Waals surface area contributed by atoms with Crippen molar-refractivity contribution < 1.29 is 49.5 Å². The minimum absolute atomic E-state index is 0.0256. The lowest BCUT2D eigenvalue weighted by atomic mass is 9.89. The van der Waals surface area contributed by atoms with Crippen molar-refractivity contribution in [2.45, 2.75) is 76.0 Å². The average Bonchev–Trinajstić information content (AvgIpc) is 3.37. The van der Waals surface area contributed by atoms with Crippen LogP contribution >= 0.6 is 34.5 Å². The van der Waals surface area contributed by atoms with Crippen molar-refractivity contribution in [1.29, 1.82) is 0 Å². The first-order chi connectivity index (χ1) is 21.6. The lowest BCUT2D eigenvalue weighted by Gasteiger charge is -2.32. The molecule has 3 N–H and O–H groups in total. The molecule has 0 radical (unpaired) electrons. The van der Waals surface area contributed by atoms with E-state index in [1.165, 1.54) is 18.7 Å². The highest BCUT2D eigenvalue weighted by Gasteiger charge is 2.42. The van der Waals surface area contributed by atoms with E-state index in [1.54, 1.807) is 4.72 Å². The third-order valence-corrected chi connectivity index (χ3v) is 10.7. The van der Waals surface area contributed by atoms with Gasteiger partial charge in [-0.1, -0.05) is 36.2 Å². The molecular weight excluding hydrogens is 720 g/mol. The zero-order chi connectivity index (χ0) is 35.5. The van der Waals surface area contributed by atoms with Gasteiger partial charge in [-0.25, -0.2) is 22.2 Å². The lowest BCUT2D eigenvalue weighted by molar-refractivity contribution is -0.153. The lowest BCUT2D eigenvalue weighted by Crippen LogP contribution is -2.44. The number of sulfonamides is 1. The van der Waals surface area contributed by atoms with E-state index in [1.807, 2.05) is 0 Å². The predicted molar refractivity (Wildman–Crippen MR) is 164 cm³/mol. The first-order valence-electron chi connectivity index (χ1n) is 14.0. The smallest absolute Gasteiger partial charge is 0.404 e. The van der Waals surface area contributed by atoms with Crippen LogP contribution in [-0.4, -0.2) is 74.4 Å². The molecule has 1 aromatic heterocycles. The molecule has 47 heavy (non-hydrogen) atoms. The molecule has 0 bridgehead atoms. The van der Waals surface area contributed by atoms with Crippen LogP contribution in [0.5, 0.6) is 0 Å². The van der Waals surface area contributed by atoms with Crippen LogP contribution < -0.4 is 15.6 Å². The summed E-state index contributed by atoms with van der Waals surface area (Å²) in [6.07, 6.45) is -5.96. The number of piperidine rings is 1. The normalized spacial score (nSPS) is 16.4. The van der Waals surface area contributed by atoms with Crippen LogP contribution in [0.4, 0.5) is 22.0 Å². The second kappa shape index (κ2) is 14.9. The molecule has 0 saturated carbocycles. The van der Waals surface area contributed by atoms with E-state index >= 15 is 0 Å². The molecule has 262 valence electrons. The van der Waals surface area contributed by atoms with Gasteiger partial charge in [0, 0.05) is 24.9 Å². The summed E-state index contributed by atoms with van der Waals surface area (Å²) >= 11 is 13.4. The summed E-state index contributed by atoms with van der Waals surface area (Å²) in [5.41, 5.74) is 3.23. The van der Waals surface area contributed by atoms with Gasteiger partial charge in [0.2, 0.25) is 15.9 Å². The van der Waals surface area contributed by atoms with Gasteiger partial charge in [-0.15, -0.1) is 11.3 Å². The van der Waals surface area contributed by atoms with Crippen LogP contribution in [0, 0.1) is 5.41 Å². The Balaban J connectivity index is 1.97. The maximum atomic E-state index is 14.2. The molecule has 0 unspecified atom stereocenters. The van der Waals surface area contributed by atoms with Crippen LogP contribution in [-0.2, 0) is 30.9 Å². The summed E-state index contributed by atoms with van der Waals surface area (Å²) < 4.78 is 100. The van der Waals surface area contributed by atoms with Crippen molar-refractivity contribution >= 4 is 62.3 Å². The number of ether oxygens (including phenoxy) is 1. The second-order valence-electron chi connectivity index (χ2n) is 11.4. The van der Waals surface area contributed by atoms with E-state index < -0.39 is 79.3 Å². The Bertz CT molecular complexity index is 1620. The number of esters is 1. The summed E-state index contributed by atoms with van der Waals surface area (Å²) in [6, 6.07) is -0.320. The zero-order valence-electron chi connectivity index (χ0n) is 25.5. The Labute approximate surface area is 281 Å². The minimum atomic E-state index is -4.88. The molecule has 2 aromatic rings. The van der Waals surface area contributed by atoms with Crippen LogP contribution in [0.15, 0.2) is 17.0 Å². The topological polar surface area (TPSA) is 147 Å². The predicted octanol–water partition coefficient (Wildman–Crippen LogP) is 5.32. The van der Waals surface area contributed by atoms with Crippen molar-refractivity contribution in [3.8, 4) is 10.4 Å². The van der Waals surface area contributed by atoms with E-state index in [9.17, 15) is 44.8 Å². The molecule has 1 saturated heterocycles. The SMILES string of the molecule is CC[C@H](NS(=O)(=O)c1ccc(-c2sc(C(=O)NNC(=O)CC(C)(C)C(=O)OC)nc2CN2CCCC(F)(F)C2)c(Cl)c1Cl)C(F)(F)F. The number of rotatable bonds is 11. The molecule has 1 aliphatic heterocycles. The van der Waals surface area contributed by atoms with Crippen molar-refractivity contribution in [3.05, 3.63) is 32.9 Å². The van der Waals surface area contributed by atoms with E-state index in [2.05, 4.69) is 20.6 Å². The number of nitrogens with zero attached hydrogens (tertiary/aromatic N) is 2. The largest absolute Gasteiger partial charge is 0.469 e. The third-order valence-electron chi connectivity index (χ3n) is 7.07. The summed E-state index contributed by atoms with van der Waals surface area (Å²) in [5, 5.41) is -1.29. The summed E-state index contributed by atoms with van der Waals surface area (Å²) in [7, 11) is -3.66.